The van der Waals surface area contributed by atoms with Crippen molar-refractivity contribution in [2.45, 2.75) is 42.0 Å². The number of epoxide rings is 1. The van der Waals surface area contributed by atoms with Crippen LogP contribution in [-0.4, -0.2) is 59.5 Å². The molecule has 142 valence electrons. The number of rotatable bonds is 2. The Morgan fingerprint density at radius 3 is 2.75 bits per heavy atom. The van der Waals surface area contributed by atoms with Gasteiger partial charge in [0.25, 0.3) is 0 Å². The predicted molar refractivity (Wildman–Crippen MR) is 100 cm³/mol. The Morgan fingerprint density at radius 2 is 2.00 bits per heavy atom. The van der Waals surface area contributed by atoms with Crippen LogP contribution in [-0.2, 0) is 19.0 Å². The molecular weight excluding hydrogens is 358 g/mol. The molecule has 1 N–H and O–H groups in total. The van der Waals surface area contributed by atoms with Gasteiger partial charge in [0, 0.05) is 26.2 Å². The van der Waals surface area contributed by atoms with Crippen molar-refractivity contribution in [1.29, 1.82) is 0 Å². The van der Waals surface area contributed by atoms with Crippen molar-refractivity contribution >= 4 is 11.5 Å². The fourth-order valence-electron chi connectivity index (χ4n) is 5.35. The Hall–Kier alpha value is -2.48. The van der Waals surface area contributed by atoms with E-state index in [0.29, 0.717) is 17.7 Å². The molecule has 28 heavy (non-hydrogen) atoms. The number of carbonyl (C=O) groups excluding carboxylic acids is 1. The molecule has 2 aliphatic heterocycles. The minimum Gasteiger partial charge on any atom is -0.370 e. The maximum Gasteiger partial charge on any atom is 0.216 e. The molecule has 1 saturated heterocycles. The smallest absolute Gasteiger partial charge is 0.216 e. The summed E-state index contributed by atoms with van der Waals surface area (Å²) >= 11 is 0. The van der Waals surface area contributed by atoms with E-state index < -0.39 is 28.6 Å². The molecule has 0 aromatic carbocycles. The molecule has 1 unspecified atom stereocenters. The Bertz CT molecular complexity index is 1040. The monoisotopic (exact) mass is 377 g/mol. The fraction of sp³-hybridized carbons (Fsp3) is 0.455. The van der Waals surface area contributed by atoms with E-state index in [9.17, 15) is 9.90 Å². The number of ketones is 1. The molecule has 6 heteroatoms. The summed E-state index contributed by atoms with van der Waals surface area (Å²) in [6, 6.07) is -0.518. The Morgan fingerprint density at radius 1 is 1.25 bits per heavy atom. The van der Waals surface area contributed by atoms with Gasteiger partial charge < -0.3 is 19.3 Å². The third kappa shape index (κ3) is 1.67. The average Bonchev–Trinajstić information content (AvgIpc) is 3.42. The van der Waals surface area contributed by atoms with Crippen LogP contribution in [0.5, 0.6) is 0 Å². The summed E-state index contributed by atoms with van der Waals surface area (Å²) < 4.78 is 18.0. The van der Waals surface area contributed by atoms with Crippen molar-refractivity contribution in [3.8, 4) is 23.7 Å². The first-order valence-electron chi connectivity index (χ1n) is 9.15. The maximum absolute atomic E-state index is 12.2. The summed E-state index contributed by atoms with van der Waals surface area (Å²) in [5, 5.41) is 12.1. The van der Waals surface area contributed by atoms with E-state index in [2.05, 4.69) is 23.7 Å². The van der Waals surface area contributed by atoms with E-state index in [1.807, 2.05) is 6.92 Å². The van der Waals surface area contributed by atoms with E-state index >= 15 is 0 Å². The minimum absolute atomic E-state index is 0.135. The summed E-state index contributed by atoms with van der Waals surface area (Å²) in [5.41, 5.74) is -3.07. The number of carbonyl (C=O) groups is 1. The van der Waals surface area contributed by atoms with Crippen LogP contribution in [0.2, 0.25) is 0 Å². The lowest BCUT2D eigenvalue weighted by atomic mass is 9.55. The topological polar surface area (TPSA) is 80.7 Å². The number of hydrogen-bond acceptors (Lipinski definition) is 6. The van der Waals surface area contributed by atoms with Gasteiger partial charge in [-0.1, -0.05) is 30.6 Å². The van der Waals surface area contributed by atoms with Crippen LogP contribution >= 0.6 is 0 Å². The lowest BCUT2D eigenvalue weighted by molar-refractivity contribution is -0.310. The first-order valence-corrected chi connectivity index (χ1v) is 9.15. The van der Waals surface area contributed by atoms with Gasteiger partial charge in [-0.2, -0.15) is 0 Å². The third-order valence-electron chi connectivity index (χ3n) is 6.60. The van der Waals surface area contributed by atoms with Crippen LogP contribution in [0.4, 0.5) is 0 Å². The number of fused-ring (bicyclic) bond motifs is 1. The Labute approximate surface area is 162 Å². The van der Waals surface area contributed by atoms with Crippen molar-refractivity contribution in [1.82, 2.24) is 0 Å². The first-order chi connectivity index (χ1) is 13.4. The summed E-state index contributed by atoms with van der Waals surface area (Å²) in [6.07, 6.45) is 8.06. The number of methoxy groups -OCH3 is 2. The summed E-state index contributed by atoms with van der Waals surface area (Å²) in [6.45, 7) is 2.00. The molecule has 2 heterocycles. The first kappa shape index (κ1) is 17.6. The minimum atomic E-state index is -1.88. The van der Waals surface area contributed by atoms with Gasteiger partial charge in [0.15, 0.2) is 11.4 Å². The van der Waals surface area contributed by atoms with Crippen LogP contribution < -0.4 is 0 Å². The van der Waals surface area contributed by atoms with Crippen molar-refractivity contribution in [2.24, 2.45) is 10.9 Å². The highest BCUT2D eigenvalue weighted by atomic mass is 16.7. The highest BCUT2D eigenvalue weighted by molar-refractivity contribution is 6.22. The van der Waals surface area contributed by atoms with Crippen LogP contribution in [0.3, 0.4) is 0 Å². The van der Waals surface area contributed by atoms with E-state index in [1.54, 1.807) is 18.2 Å². The number of aliphatic hydroxyl groups is 1. The van der Waals surface area contributed by atoms with E-state index in [4.69, 9.17) is 19.2 Å². The number of hydrogen-bond donors (Lipinski definition) is 1. The molecule has 0 aromatic rings. The molecule has 5 aliphatic rings. The molecule has 5 atom stereocenters. The lowest BCUT2D eigenvalue weighted by Crippen LogP contribution is -2.73. The molecule has 5 rings (SSSR count). The molecule has 0 aromatic heterocycles. The molecule has 4 bridgehead atoms. The van der Waals surface area contributed by atoms with E-state index in [0.717, 1.165) is 0 Å². The lowest BCUT2D eigenvalue weighted by Gasteiger charge is -2.53. The quantitative estimate of drug-likeness (QED) is 0.332. The van der Waals surface area contributed by atoms with Gasteiger partial charge in [-0.25, -0.2) is 0 Å². The Balaban J connectivity index is 1.89. The highest BCUT2D eigenvalue weighted by Gasteiger charge is 2.92. The molecule has 3 aliphatic carbocycles. The third-order valence-corrected chi connectivity index (χ3v) is 6.60. The van der Waals surface area contributed by atoms with Crippen molar-refractivity contribution in [3.05, 3.63) is 36.0 Å². The van der Waals surface area contributed by atoms with Gasteiger partial charge >= 0.3 is 0 Å². The molecule has 0 radical (unpaired) electrons. The average molecular weight is 377 g/mol. The van der Waals surface area contributed by atoms with Crippen molar-refractivity contribution in [3.63, 3.8) is 0 Å². The second-order valence-electron chi connectivity index (χ2n) is 7.66. The Kier molecular flexibility index (Phi) is 3.34. The van der Waals surface area contributed by atoms with Gasteiger partial charge in [0.1, 0.15) is 11.6 Å². The SMILES string of the molecule is COC1(OC)C[C@H](C)[C@@]23O[C@]24C2=CC(=O)C=CC2=N[C@H]3C#C/C=C\C#CC14O. The largest absolute Gasteiger partial charge is 0.370 e. The predicted octanol–water partition coefficient (Wildman–Crippen LogP) is 0.719. The zero-order valence-corrected chi connectivity index (χ0v) is 15.8. The number of nitrogens with zero attached hydrogens (tertiary/aromatic N) is 1. The van der Waals surface area contributed by atoms with Crippen LogP contribution in [0.15, 0.2) is 40.9 Å². The number of aliphatic imine (C=N–C) groups is 1. The normalized spacial score (nSPS) is 44.4. The number of allylic oxidation sites excluding steroid dienone is 5. The fourth-order valence-corrected chi connectivity index (χ4v) is 5.35. The van der Waals surface area contributed by atoms with Crippen LogP contribution in [0.1, 0.15) is 13.3 Å². The second kappa shape index (κ2) is 5.31. The summed E-state index contributed by atoms with van der Waals surface area (Å²) in [7, 11) is 2.96. The van der Waals surface area contributed by atoms with Gasteiger partial charge in [0.2, 0.25) is 11.4 Å². The summed E-state index contributed by atoms with van der Waals surface area (Å²) in [5.74, 6) is 10.1. The van der Waals surface area contributed by atoms with Gasteiger partial charge in [-0.05, 0) is 36.3 Å². The maximum atomic E-state index is 12.2. The van der Waals surface area contributed by atoms with Crippen LogP contribution in [0, 0.1) is 29.6 Å². The van der Waals surface area contributed by atoms with Gasteiger partial charge in [-0.3, -0.25) is 9.79 Å². The zero-order valence-electron chi connectivity index (χ0n) is 15.8. The molecule has 0 spiro atoms. The molecule has 0 amide bonds. The zero-order chi connectivity index (χ0) is 19.8. The molecular formula is C22H19NO5. The van der Waals surface area contributed by atoms with E-state index in [-0.39, 0.29) is 11.7 Å². The molecule has 6 nitrogen and oxygen atoms in total. The van der Waals surface area contributed by atoms with Gasteiger partial charge in [-0.15, -0.1) is 0 Å². The van der Waals surface area contributed by atoms with E-state index in [1.165, 1.54) is 26.4 Å². The highest BCUT2D eigenvalue weighted by Crippen LogP contribution is 2.73. The number of ether oxygens (including phenoxy) is 3. The summed E-state index contributed by atoms with van der Waals surface area (Å²) in [4.78, 5) is 17.0. The second-order valence-corrected chi connectivity index (χ2v) is 7.66. The van der Waals surface area contributed by atoms with Crippen LogP contribution in [0.25, 0.3) is 0 Å². The van der Waals surface area contributed by atoms with Crippen molar-refractivity contribution in [2.75, 3.05) is 14.2 Å². The standard InChI is InChI=1S/C22H19NO5/c1-14-13-20(26-2,27-3)19(25)11-7-5-4-6-8-18-21(14)22(19,28-21)16-12-15(24)9-10-17(16)23-18/h4-5,9-10,12,14,18,25H,13H2,1-3H3/b5-4-/t14-,18-,19?,21-,22-/m0/s1. The van der Waals surface area contributed by atoms with Crippen molar-refractivity contribution < 1.29 is 24.1 Å². The van der Waals surface area contributed by atoms with Gasteiger partial charge in [0.05, 0.1) is 5.71 Å². The molecule has 1 saturated carbocycles. The molecule has 2 fully saturated rings.